The minimum atomic E-state index is -1.46. The summed E-state index contributed by atoms with van der Waals surface area (Å²) < 4.78 is 16.4. The van der Waals surface area contributed by atoms with Crippen molar-refractivity contribution in [2.24, 2.45) is 5.92 Å². The minimum absolute atomic E-state index is 0. The molecule has 8 rings (SSSR count). The van der Waals surface area contributed by atoms with Crippen molar-refractivity contribution in [3.05, 3.63) is 139 Å². The number of thiophene rings is 1. The number of halogens is 1. The van der Waals surface area contributed by atoms with Crippen LogP contribution in [0.15, 0.2) is 116 Å². The fraction of sp³-hybridized carbons (Fsp3) is 0.209. The van der Waals surface area contributed by atoms with Gasteiger partial charge >= 0.3 is 0 Å². The summed E-state index contributed by atoms with van der Waals surface area (Å²) in [7, 11) is -1.46. The second-order valence-electron chi connectivity index (χ2n) is 13.8. The second kappa shape index (κ2) is 15.4. The van der Waals surface area contributed by atoms with Gasteiger partial charge in [0.1, 0.15) is 5.82 Å². The number of fused-ring (bicyclic) bond motifs is 3. The van der Waals surface area contributed by atoms with Gasteiger partial charge in [-0.25, -0.2) is 4.39 Å². The number of hydrogen-bond acceptors (Lipinski definition) is 3. The summed E-state index contributed by atoms with van der Waals surface area (Å²) in [5.41, 5.74) is 7.81. The van der Waals surface area contributed by atoms with Crippen LogP contribution >= 0.6 is 11.3 Å². The van der Waals surface area contributed by atoms with E-state index in [2.05, 4.69) is 97.6 Å². The molecule has 1 fully saturated rings. The summed E-state index contributed by atoms with van der Waals surface area (Å²) in [6.45, 7) is 7.10. The van der Waals surface area contributed by atoms with Gasteiger partial charge in [-0.2, -0.15) is 11.3 Å². The molecule has 0 spiro atoms. The molecule has 0 saturated heterocycles. The van der Waals surface area contributed by atoms with E-state index < -0.39 is 8.07 Å². The summed E-state index contributed by atoms with van der Waals surface area (Å²) in [6.07, 6.45) is 10.5. The number of aromatic nitrogens is 2. The van der Waals surface area contributed by atoms with Crippen LogP contribution in [0.4, 0.5) is 4.39 Å². The predicted molar refractivity (Wildman–Crippen MR) is 204 cm³/mol. The first kappa shape index (κ1) is 35.0. The Morgan fingerprint density at radius 1 is 0.796 bits per heavy atom. The minimum Gasteiger partial charge on any atom is -0.305 e. The first-order valence-electron chi connectivity index (χ1n) is 16.8. The molecule has 2 nitrogen and oxygen atoms in total. The first-order chi connectivity index (χ1) is 23.3. The Kier molecular flexibility index (Phi) is 11.0. The van der Waals surface area contributed by atoms with Gasteiger partial charge in [0.15, 0.2) is 0 Å². The second-order valence-corrected chi connectivity index (χ2v) is 19.9. The maximum atomic E-state index is 14.4. The number of hydrogen-bond donors (Lipinski definition) is 0. The van der Waals surface area contributed by atoms with Gasteiger partial charge in [-0.15, -0.1) is 59.7 Å². The van der Waals surface area contributed by atoms with Gasteiger partial charge < -0.3 is 9.97 Å². The molecule has 1 aliphatic rings. The summed E-state index contributed by atoms with van der Waals surface area (Å²) in [5, 5.41) is 3.07. The van der Waals surface area contributed by atoms with E-state index in [9.17, 15) is 4.39 Å². The van der Waals surface area contributed by atoms with Crippen molar-refractivity contribution in [3.63, 3.8) is 0 Å². The van der Waals surface area contributed by atoms with Crippen molar-refractivity contribution < 1.29 is 24.5 Å². The van der Waals surface area contributed by atoms with Gasteiger partial charge in [0.25, 0.3) is 0 Å². The maximum absolute atomic E-state index is 14.4. The molecule has 0 aliphatic heterocycles. The molecule has 4 aromatic carbocycles. The van der Waals surface area contributed by atoms with Crippen LogP contribution < -0.4 is 5.19 Å². The van der Waals surface area contributed by atoms with Crippen LogP contribution in [0.3, 0.4) is 0 Å². The van der Waals surface area contributed by atoms with E-state index in [4.69, 9.17) is 4.98 Å². The third-order valence-electron chi connectivity index (χ3n) is 9.26. The molecule has 1 saturated carbocycles. The molecule has 0 unspecified atom stereocenters. The van der Waals surface area contributed by atoms with Crippen molar-refractivity contribution >= 4 is 44.8 Å². The summed E-state index contributed by atoms with van der Waals surface area (Å²) >= 11 is 1.61. The van der Waals surface area contributed by atoms with Crippen molar-refractivity contribution in [2.75, 3.05) is 0 Å². The standard InChI is InChI=1S/C23H19FNS.C20H20NSi.Ir/c24-19-6-3-7-22-23(19)18-14-17(8-9-21(18)26-22)20-13-16(10-11-25-20)12-15-4-1-2-5-15;1-22(2,3)20-15-21-19(17-12-8-5-9-13-17)14-18(20)16-10-6-4-7-11-16;/h3,6-7,9-11,13-15H,1-2,4-5,12H2;4-12,14-15H,1-3H3;/q2*-1;. The molecule has 1 radical (unpaired) electrons. The van der Waals surface area contributed by atoms with E-state index in [1.807, 2.05) is 42.6 Å². The molecule has 3 aromatic heterocycles. The topological polar surface area (TPSA) is 25.8 Å². The van der Waals surface area contributed by atoms with Crippen LogP contribution in [0.5, 0.6) is 0 Å². The van der Waals surface area contributed by atoms with Crippen LogP contribution in [0.2, 0.25) is 19.6 Å². The van der Waals surface area contributed by atoms with Gasteiger partial charge in [0.2, 0.25) is 0 Å². The molecule has 49 heavy (non-hydrogen) atoms. The normalized spacial score (nSPS) is 13.2. The number of nitrogens with zero attached hydrogens (tertiary/aromatic N) is 2. The van der Waals surface area contributed by atoms with Gasteiger partial charge in [-0.05, 0) is 62.9 Å². The van der Waals surface area contributed by atoms with Crippen LogP contribution in [0.25, 0.3) is 53.8 Å². The smallest absolute Gasteiger partial charge is 0.130 e. The monoisotopic (exact) mass is 855 g/mol. The van der Waals surface area contributed by atoms with E-state index in [1.165, 1.54) is 53.6 Å². The predicted octanol–water partition coefficient (Wildman–Crippen LogP) is 11.5. The van der Waals surface area contributed by atoms with Gasteiger partial charge in [-0.3, -0.25) is 0 Å². The van der Waals surface area contributed by atoms with E-state index in [-0.39, 0.29) is 25.9 Å². The molecule has 7 aromatic rings. The van der Waals surface area contributed by atoms with Crippen molar-refractivity contribution in [1.29, 1.82) is 0 Å². The third-order valence-corrected chi connectivity index (χ3v) is 12.4. The zero-order chi connectivity index (χ0) is 33.1. The van der Waals surface area contributed by atoms with Gasteiger partial charge in [0.05, 0.1) is 8.07 Å². The molecule has 249 valence electrons. The Morgan fingerprint density at radius 2 is 1.57 bits per heavy atom. The number of benzene rings is 4. The van der Waals surface area contributed by atoms with E-state index in [0.29, 0.717) is 5.39 Å². The zero-order valence-electron chi connectivity index (χ0n) is 28.1. The molecule has 0 N–H and O–H groups in total. The largest absolute Gasteiger partial charge is 0.305 e. The van der Waals surface area contributed by atoms with E-state index in [1.54, 1.807) is 17.4 Å². The third kappa shape index (κ3) is 8.00. The fourth-order valence-electron chi connectivity index (χ4n) is 6.78. The fourth-order valence-corrected chi connectivity index (χ4v) is 9.34. The Hall–Kier alpha value is -3.80. The van der Waals surface area contributed by atoms with Crippen LogP contribution in [-0.2, 0) is 26.5 Å². The maximum Gasteiger partial charge on any atom is 0.130 e. The average molecular weight is 855 g/mol. The van der Waals surface area contributed by atoms with E-state index >= 15 is 0 Å². The molecular formula is C43H39FIrN2SSi-2. The molecule has 0 amide bonds. The van der Waals surface area contributed by atoms with Crippen LogP contribution in [0, 0.1) is 23.9 Å². The average Bonchev–Trinajstić information content (AvgIpc) is 3.77. The molecule has 0 atom stereocenters. The van der Waals surface area contributed by atoms with E-state index in [0.717, 1.165) is 49.6 Å². The van der Waals surface area contributed by atoms with Crippen molar-refractivity contribution in [2.45, 2.75) is 51.7 Å². The SMILES string of the molecule is C[Si](C)(C)c1cnc(-c2[c-]cccc2)cc1-c1ccccc1.Fc1cccc2sc3c[c-]c(-c4cc(CC5CCCC5)ccn4)cc3c12.[Ir]. The molecular weight excluding hydrogens is 816 g/mol. The van der Waals surface area contributed by atoms with Crippen LogP contribution in [-0.4, -0.2) is 18.0 Å². The zero-order valence-corrected chi connectivity index (χ0v) is 32.3. The van der Waals surface area contributed by atoms with Gasteiger partial charge in [0, 0.05) is 42.6 Å². The number of pyridine rings is 2. The Morgan fingerprint density at radius 3 is 2.33 bits per heavy atom. The molecule has 0 bridgehead atoms. The Labute approximate surface area is 307 Å². The van der Waals surface area contributed by atoms with Crippen LogP contribution in [0.1, 0.15) is 31.2 Å². The molecule has 1 aliphatic carbocycles. The number of rotatable bonds is 6. The summed E-state index contributed by atoms with van der Waals surface area (Å²) in [4.78, 5) is 9.26. The van der Waals surface area contributed by atoms with Crippen molar-refractivity contribution in [3.8, 4) is 33.6 Å². The summed E-state index contributed by atoms with van der Waals surface area (Å²) in [6, 6.07) is 41.1. The summed E-state index contributed by atoms with van der Waals surface area (Å²) in [5.74, 6) is 0.653. The van der Waals surface area contributed by atoms with Gasteiger partial charge in [-0.1, -0.05) is 105 Å². The first-order valence-corrected chi connectivity index (χ1v) is 21.2. The van der Waals surface area contributed by atoms with Crippen molar-refractivity contribution in [1.82, 2.24) is 9.97 Å². The quantitative estimate of drug-likeness (QED) is 0.123. The Balaban J connectivity index is 0.000000169. The molecule has 6 heteroatoms. The molecule has 3 heterocycles. The Bertz CT molecular complexity index is 2170.